The molecule has 0 aliphatic heterocycles. The fourth-order valence-electron chi connectivity index (χ4n) is 1.79. The van der Waals surface area contributed by atoms with Crippen LogP contribution in [0.15, 0.2) is 42.5 Å². The van der Waals surface area contributed by atoms with Gasteiger partial charge >= 0.3 is 6.09 Å². The van der Waals surface area contributed by atoms with Crippen LogP contribution in [0.25, 0.3) is 0 Å². The zero-order valence-corrected chi connectivity index (χ0v) is 11.5. The molecule has 0 spiro atoms. The van der Waals surface area contributed by atoms with Crippen molar-refractivity contribution in [2.45, 2.75) is 6.54 Å². The van der Waals surface area contributed by atoms with Crippen molar-refractivity contribution in [2.24, 2.45) is 0 Å². The van der Waals surface area contributed by atoms with Crippen LogP contribution in [-0.2, 0) is 11.3 Å². The summed E-state index contributed by atoms with van der Waals surface area (Å²) < 4.78 is 4.52. The summed E-state index contributed by atoms with van der Waals surface area (Å²) in [4.78, 5) is 11.1. The lowest BCUT2D eigenvalue weighted by Crippen LogP contribution is -2.11. The van der Waals surface area contributed by atoms with Crippen LogP contribution in [0, 0.1) is 0 Å². The van der Waals surface area contributed by atoms with Crippen molar-refractivity contribution in [3.8, 4) is 11.5 Å². The Kier molecular flexibility index (Phi) is 4.50. The first-order valence-corrected chi connectivity index (χ1v) is 6.29. The van der Waals surface area contributed by atoms with Crippen LogP contribution in [0.2, 0.25) is 0 Å². The van der Waals surface area contributed by atoms with Gasteiger partial charge < -0.3 is 20.3 Å². The minimum Gasteiger partial charge on any atom is -0.504 e. The number of ether oxygens (including phenoxy) is 1. The van der Waals surface area contributed by atoms with E-state index in [4.69, 9.17) is 0 Å². The van der Waals surface area contributed by atoms with E-state index < -0.39 is 6.09 Å². The van der Waals surface area contributed by atoms with Crippen LogP contribution in [0.1, 0.15) is 5.56 Å². The number of aromatic hydroxyl groups is 2. The number of phenolic OH excluding ortho intramolecular Hbond substituents is 2. The van der Waals surface area contributed by atoms with Gasteiger partial charge in [0.2, 0.25) is 0 Å². The number of carbonyl (C=O) groups excluding carboxylic acids is 1. The molecule has 4 N–H and O–H groups in total. The minimum absolute atomic E-state index is 0.145. The zero-order chi connectivity index (χ0) is 15.2. The van der Waals surface area contributed by atoms with E-state index in [9.17, 15) is 15.0 Å². The van der Waals surface area contributed by atoms with Gasteiger partial charge in [-0.25, -0.2) is 4.79 Å². The highest BCUT2D eigenvalue weighted by Crippen LogP contribution is 2.28. The molecule has 0 bridgehead atoms. The van der Waals surface area contributed by atoms with E-state index in [0.29, 0.717) is 17.8 Å². The van der Waals surface area contributed by atoms with Crippen molar-refractivity contribution in [2.75, 3.05) is 17.7 Å². The van der Waals surface area contributed by atoms with Crippen LogP contribution in [0.3, 0.4) is 0 Å². The van der Waals surface area contributed by atoms with E-state index in [1.54, 1.807) is 30.3 Å². The normalized spacial score (nSPS) is 9.95. The number of hydrogen-bond donors (Lipinski definition) is 4. The van der Waals surface area contributed by atoms with E-state index in [-0.39, 0.29) is 11.5 Å². The molecule has 2 rings (SSSR count). The molecule has 1 amide bonds. The summed E-state index contributed by atoms with van der Waals surface area (Å²) in [5.41, 5.74) is 1.92. The van der Waals surface area contributed by atoms with Crippen molar-refractivity contribution in [3.63, 3.8) is 0 Å². The molecule has 0 aliphatic carbocycles. The fourth-order valence-corrected chi connectivity index (χ4v) is 1.79. The number of hydrogen-bond acceptors (Lipinski definition) is 5. The highest BCUT2D eigenvalue weighted by Gasteiger charge is 2.06. The number of methoxy groups -OCH3 is 1. The molecule has 0 radical (unpaired) electrons. The Hall–Kier alpha value is -2.89. The van der Waals surface area contributed by atoms with Crippen molar-refractivity contribution in [1.29, 1.82) is 0 Å². The number of benzene rings is 2. The van der Waals surface area contributed by atoms with Crippen LogP contribution in [-0.4, -0.2) is 23.4 Å². The molecular weight excluding hydrogens is 272 g/mol. The minimum atomic E-state index is -0.544. The van der Waals surface area contributed by atoms with Crippen molar-refractivity contribution >= 4 is 17.5 Å². The van der Waals surface area contributed by atoms with Gasteiger partial charge in [-0.3, -0.25) is 5.32 Å². The van der Waals surface area contributed by atoms with E-state index in [2.05, 4.69) is 15.4 Å². The number of amides is 1. The highest BCUT2D eigenvalue weighted by atomic mass is 16.5. The lowest BCUT2D eigenvalue weighted by atomic mass is 10.2. The molecule has 0 saturated heterocycles. The van der Waals surface area contributed by atoms with Crippen LogP contribution in [0.4, 0.5) is 16.2 Å². The van der Waals surface area contributed by atoms with Crippen LogP contribution < -0.4 is 10.6 Å². The molecule has 2 aromatic carbocycles. The van der Waals surface area contributed by atoms with Crippen molar-refractivity contribution in [1.82, 2.24) is 0 Å². The maximum Gasteiger partial charge on any atom is 0.411 e. The van der Waals surface area contributed by atoms with Gasteiger partial charge in [0.15, 0.2) is 11.5 Å². The molecule has 0 saturated carbocycles. The number of carbonyl (C=O) groups is 1. The number of phenols is 2. The Labute approximate surface area is 122 Å². The SMILES string of the molecule is COC(=O)Nc1cccc(NCc2cccc(O)c2O)c1. The Bertz CT molecular complexity index is 643. The molecule has 0 unspecified atom stereocenters. The van der Waals surface area contributed by atoms with Crippen molar-refractivity contribution < 1.29 is 19.7 Å². The summed E-state index contributed by atoms with van der Waals surface area (Å²) in [7, 11) is 1.29. The maximum atomic E-state index is 11.1. The van der Waals surface area contributed by atoms with E-state index in [1.807, 2.05) is 6.07 Å². The second-order valence-corrected chi connectivity index (χ2v) is 4.34. The molecule has 6 heteroatoms. The summed E-state index contributed by atoms with van der Waals surface area (Å²) in [6.07, 6.45) is -0.544. The molecule has 0 atom stereocenters. The van der Waals surface area contributed by atoms with Gasteiger partial charge in [0.1, 0.15) is 0 Å². The Morgan fingerprint density at radius 3 is 2.62 bits per heavy atom. The van der Waals surface area contributed by atoms with Gasteiger partial charge in [-0.2, -0.15) is 0 Å². The average Bonchev–Trinajstić information content (AvgIpc) is 2.49. The van der Waals surface area contributed by atoms with Gasteiger partial charge in [-0.05, 0) is 24.3 Å². The third kappa shape index (κ3) is 3.79. The quantitative estimate of drug-likeness (QED) is 0.649. The van der Waals surface area contributed by atoms with E-state index >= 15 is 0 Å². The first kappa shape index (κ1) is 14.5. The molecule has 6 nitrogen and oxygen atoms in total. The predicted molar refractivity (Wildman–Crippen MR) is 79.6 cm³/mol. The second-order valence-electron chi connectivity index (χ2n) is 4.34. The van der Waals surface area contributed by atoms with Crippen LogP contribution >= 0.6 is 0 Å². The lowest BCUT2D eigenvalue weighted by molar-refractivity contribution is 0.187. The number of para-hydroxylation sites is 1. The summed E-state index contributed by atoms with van der Waals surface area (Å²) >= 11 is 0. The summed E-state index contributed by atoms with van der Waals surface area (Å²) in [6.45, 7) is 0.335. The number of nitrogens with one attached hydrogen (secondary N) is 2. The van der Waals surface area contributed by atoms with Crippen LogP contribution in [0.5, 0.6) is 11.5 Å². The molecule has 21 heavy (non-hydrogen) atoms. The highest BCUT2D eigenvalue weighted by molar-refractivity contribution is 5.85. The largest absolute Gasteiger partial charge is 0.504 e. The molecule has 0 heterocycles. The first-order valence-electron chi connectivity index (χ1n) is 6.29. The molecule has 0 aliphatic rings. The second kappa shape index (κ2) is 6.51. The summed E-state index contributed by atoms with van der Waals surface area (Å²) in [5.74, 6) is -0.302. The van der Waals surface area contributed by atoms with E-state index in [0.717, 1.165) is 5.69 Å². The van der Waals surface area contributed by atoms with Gasteiger partial charge in [-0.1, -0.05) is 18.2 Å². The fraction of sp³-hybridized carbons (Fsp3) is 0.133. The number of rotatable bonds is 4. The Morgan fingerprint density at radius 2 is 1.86 bits per heavy atom. The third-order valence-electron chi connectivity index (χ3n) is 2.88. The lowest BCUT2D eigenvalue weighted by Gasteiger charge is -2.10. The Balaban J connectivity index is 2.05. The molecule has 0 aromatic heterocycles. The van der Waals surface area contributed by atoms with Gasteiger partial charge in [-0.15, -0.1) is 0 Å². The molecule has 110 valence electrons. The average molecular weight is 288 g/mol. The predicted octanol–water partition coefficient (Wildman–Crippen LogP) is 2.89. The summed E-state index contributed by atoms with van der Waals surface area (Å²) in [6, 6.07) is 11.8. The molecule has 2 aromatic rings. The van der Waals surface area contributed by atoms with Gasteiger partial charge in [0.05, 0.1) is 7.11 Å². The topological polar surface area (TPSA) is 90.8 Å². The molecular formula is C15H16N2O4. The van der Waals surface area contributed by atoms with Crippen molar-refractivity contribution in [3.05, 3.63) is 48.0 Å². The zero-order valence-electron chi connectivity index (χ0n) is 11.5. The standard InChI is InChI=1S/C15H16N2O4/c1-21-15(20)17-12-6-3-5-11(8-12)16-9-10-4-2-7-13(18)14(10)19/h2-8,16,18-19H,9H2,1H3,(H,17,20). The maximum absolute atomic E-state index is 11.1. The summed E-state index contributed by atoms with van der Waals surface area (Å²) in [5, 5.41) is 24.8. The molecule has 0 fully saturated rings. The first-order chi connectivity index (χ1) is 10.1. The van der Waals surface area contributed by atoms with Gasteiger partial charge in [0.25, 0.3) is 0 Å². The monoisotopic (exact) mass is 288 g/mol. The van der Waals surface area contributed by atoms with E-state index in [1.165, 1.54) is 13.2 Å². The van der Waals surface area contributed by atoms with Gasteiger partial charge in [0, 0.05) is 23.5 Å². The number of anilines is 2. The Morgan fingerprint density at radius 1 is 1.14 bits per heavy atom. The third-order valence-corrected chi connectivity index (χ3v) is 2.88. The smallest absolute Gasteiger partial charge is 0.411 e.